The van der Waals surface area contributed by atoms with Gasteiger partial charge in [0, 0.05) is 18.5 Å². The molecule has 2 atom stereocenters. The van der Waals surface area contributed by atoms with Gasteiger partial charge in [-0.15, -0.1) is 0 Å². The second-order valence-electron chi connectivity index (χ2n) is 6.08. The van der Waals surface area contributed by atoms with E-state index in [1.54, 1.807) is 0 Å². The third kappa shape index (κ3) is 2.32. The Morgan fingerprint density at radius 2 is 2.31 bits per heavy atom. The lowest BCUT2D eigenvalue weighted by Gasteiger charge is -2.44. The topological polar surface area (TPSA) is 50.4 Å². The van der Waals surface area contributed by atoms with Gasteiger partial charge in [0.05, 0.1) is 0 Å². The molecule has 2 rings (SSSR count). The highest BCUT2D eigenvalue weighted by atomic mass is 16.6. The van der Waals surface area contributed by atoms with Crippen LogP contribution in [0.5, 0.6) is 0 Å². The Kier molecular flexibility index (Phi) is 2.86. The van der Waals surface area contributed by atoms with Crippen molar-refractivity contribution in [3.8, 4) is 0 Å². The van der Waals surface area contributed by atoms with Crippen LogP contribution < -0.4 is 10.6 Å². The molecule has 1 saturated heterocycles. The molecular formula is C12H22N2O2. The van der Waals surface area contributed by atoms with E-state index in [1.807, 2.05) is 20.8 Å². The zero-order valence-corrected chi connectivity index (χ0v) is 10.4. The zero-order valence-electron chi connectivity index (χ0n) is 10.4. The minimum atomic E-state index is -0.408. The maximum atomic E-state index is 11.5. The molecule has 0 bridgehead atoms. The zero-order chi connectivity index (χ0) is 11.8. The number of alkyl carbamates (subject to hydrolysis) is 1. The molecule has 0 unspecified atom stereocenters. The van der Waals surface area contributed by atoms with Crippen LogP contribution in [0.4, 0.5) is 4.79 Å². The molecule has 0 aromatic rings. The van der Waals surface area contributed by atoms with Gasteiger partial charge in [-0.2, -0.15) is 0 Å². The van der Waals surface area contributed by atoms with Crippen LogP contribution in [0.1, 0.15) is 33.6 Å². The van der Waals surface area contributed by atoms with E-state index in [0.29, 0.717) is 5.41 Å². The summed E-state index contributed by atoms with van der Waals surface area (Å²) in [7, 11) is 0. The van der Waals surface area contributed by atoms with Crippen LogP contribution in [0.25, 0.3) is 0 Å². The minimum absolute atomic E-state index is 0.292. The summed E-state index contributed by atoms with van der Waals surface area (Å²) in [6, 6.07) is 0. The Balaban J connectivity index is 1.77. The molecule has 0 aromatic heterocycles. The van der Waals surface area contributed by atoms with Crippen LogP contribution in [-0.4, -0.2) is 31.3 Å². The Hall–Kier alpha value is -0.770. The van der Waals surface area contributed by atoms with Crippen LogP contribution in [0, 0.1) is 11.3 Å². The average molecular weight is 226 g/mol. The van der Waals surface area contributed by atoms with Crippen LogP contribution in [0.15, 0.2) is 0 Å². The van der Waals surface area contributed by atoms with Crippen molar-refractivity contribution in [3.05, 3.63) is 0 Å². The summed E-state index contributed by atoms with van der Waals surface area (Å²) >= 11 is 0. The van der Waals surface area contributed by atoms with Crippen molar-refractivity contribution < 1.29 is 9.53 Å². The van der Waals surface area contributed by atoms with E-state index in [9.17, 15) is 4.79 Å². The van der Waals surface area contributed by atoms with Crippen molar-refractivity contribution in [2.45, 2.75) is 39.2 Å². The number of carbonyl (C=O) groups excluding carboxylic acids is 1. The fourth-order valence-electron chi connectivity index (χ4n) is 2.66. The largest absolute Gasteiger partial charge is 0.444 e. The maximum absolute atomic E-state index is 11.5. The molecule has 4 nitrogen and oxygen atoms in total. The van der Waals surface area contributed by atoms with Crippen molar-refractivity contribution in [2.24, 2.45) is 11.3 Å². The first-order valence-electron chi connectivity index (χ1n) is 6.09. The molecule has 0 radical (unpaired) electrons. The number of hydrogen-bond acceptors (Lipinski definition) is 3. The van der Waals surface area contributed by atoms with Crippen LogP contribution >= 0.6 is 0 Å². The standard InChI is InChI=1S/C12H22N2O2/c1-11(2,3)16-10(15)14-8-12-5-4-9(12)6-13-7-12/h9,13H,4-8H2,1-3H3,(H,14,15)/t9-,12+/m0/s1. The highest BCUT2D eigenvalue weighted by Crippen LogP contribution is 2.48. The van der Waals surface area contributed by atoms with Gasteiger partial charge in [-0.1, -0.05) is 0 Å². The SMILES string of the molecule is CC(C)(C)OC(=O)NC[C@]12CC[C@H]1CNC2. The van der Waals surface area contributed by atoms with Gasteiger partial charge in [0.2, 0.25) is 0 Å². The molecule has 92 valence electrons. The minimum Gasteiger partial charge on any atom is -0.444 e. The van der Waals surface area contributed by atoms with Crippen LogP contribution in [0.2, 0.25) is 0 Å². The number of ether oxygens (including phenoxy) is 1. The number of nitrogens with one attached hydrogen (secondary N) is 2. The van der Waals surface area contributed by atoms with Gasteiger partial charge in [-0.25, -0.2) is 4.79 Å². The fourth-order valence-corrected chi connectivity index (χ4v) is 2.66. The quantitative estimate of drug-likeness (QED) is 0.750. The lowest BCUT2D eigenvalue weighted by atomic mass is 9.62. The molecule has 0 spiro atoms. The van der Waals surface area contributed by atoms with Gasteiger partial charge < -0.3 is 15.4 Å². The van der Waals surface area contributed by atoms with Crippen molar-refractivity contribution in [3.63, 3.8) is 0 Å². The smallest absolute Gasteiger partial charge is 0.407 e. The lowest BCUT2D eigenvalue weighted by Crippen LogP contribution is -2.49. The summed E-state index contributed by atoms with van der Waals surface area (Å²) in [6.07, 6.45) is 2.23. The van der Waals surface area contributed by atoms with Crippen molar-refractivity contribution in [1.82, 2.24) is 10.6 Å². The van der Waals surface area contributed by atoms with E-state index in [4.69, 9.17) is 4.74 Å². The van der Waals surface area contributed by atoms with Crippen molar-refractivity contribution >= 4 is 6.09 Å². The molecule has 1 heterocycles. The number of hydrogen-bond donors (Lipinski definition) is 2. The van der Waals surface area contributed by atoms with Gasteiger partial charge in [-0.3, -0.25) is 0 Å². The molecule has 2 aliphatic rings. The first-order valence-corrected chi connectivity index (χ1v) is 6.09. The molecule has 1 saturated carbocycles. The molecule has 2 fully saturated rings. The monoisotopic (exact) mass is 226 g/mol. The number of rotatable bonds is 2. The maximum Gasteiger partial charge on any atom is 0.407 e. The van der Waals surface area contributed by atoms with Gasteiger partial charge >= 0.3 is 6.09 Å². The average Bonchev–Trinajstić information content (AvgIpc) is 2.37. The summed E-state index contributed by atoms with van der Waals surface area (Å²) in [4.78, 5) is 11.5. The Morgan fingerprint density at radius 3 is 2.81 bits per heavy atom. The third-order valence-corrected chi connectivity index (χ3v) is 3.71. The number of amides is 1. The molecule has 2 N–H and O–H groups in total. The number of fused-ring (bicyclic) bond motifs is 1. The van der Waals surface area contributed by atoms with Gasteiger partial charge in [0.15, 0.2) is 0 Å². The van der Waals surface area contributed by atoms with Gasteiger partial charge in [-0.05, 0) is 46.1 Å². The third-order valence-electron chi connectivity index (χ3n) is 3.71. The molecule has 4 heteroatoms. The summed E-state index contributed by atoms with van der Waals surface area (Å²) < 4.78 is 5.23. The second-order valence-corrected chi connectivity index (χ2v) is 6.08. The first kappa shape index (κ1) is 11.7. The predicted octanol–water partition coefficient (Wildman–Crippen LogP) is 1.51. The van der Waals surface area contributed by atoms with E-state index < -0.39 is 5.60 Å². The second kappa shape index (κ2) is 3.91. The first-order chi connectivity index (χ1) is 7.41. The van der Waals surface area contributed by atoms with E-state index in [0.717, 1.165) is 25.6 Å². The highest BCUT2D eigenvalue weighted by Gasteiger charge is 2.49. The Morgan fingerprint density at radius 1 is 1.56 bits per heavy atom. The summed E-state index contributed by atoms with van der Waals surface area (Å²) in [5, 5.41) is 6.31. The highest BCUT2D eigenvalue weighted by molar-refractivity contribution is 5.67. The molecule has 1 amide bonds. The summed E-state index contributed by atoms with van der Waals surface area (Å²) in [5.41, 5.74) is -0.0917. The number of carbonyl (C=O) groups is 1. The lowest BCUT2D eigenvalue weighted by molar-refractivity contribution is 0.0397. The van der Waals surface area contributed by atoms with E-state index >= 15 is 0 Å². The molecule has 1 aliphatic heterocycles. The normalized spacial score (nSPS) is 32.8. The van der Waals surface area contributed by atoms with E-state index in [1.165, 1.54) is 12.8 Å². The van der Waals surface area contributed by atoms with Crippen LogP contribution in [-0.2, 0) is 4.74 Å². The van der Waals surface area contributed by atoms with E-state index in [-0.39, 0.29) is 6.09 Å². The van der Waals surface area contributed by atoms with E-state index in [2.05, 4.69) is 10.6 Å². The van der Waals surface area contributed by atoms with Gasteiger partial charge in [0.1, 0.15) is 5.60 Å². The Bertz CT molecular complexity index is 285. The van der Waals surface area contributed by atoms with Crippen molar-refractivity contribution in [2.75, 3.05) is 19.6 Å². The summed E-state index contributed by atoms with van der Waals surface area (Å²) in [5.74, 6) is 0.752. The molecular weight excluding hydrogens is 204 g/mol. The molecule has 1 aliphatic carbocycles. The van der Waals surface area contributed by atoms with Gasteiger partial charge in [0.25, 0.3) is 0 Å². The summed E-state index contributed by atoms with van der Waals surface area (Å²) in [6.45, 7) is 8.54. The predicted molar refractivity (Wildman–Crippen MR) is 62.3 cm³/mol. The van der Waals surface area contributed by atoms with Crippen molar-refractivity contribution in [1.29, 1.82) is 0 Å². The Labute approximate surface area is 97.1 Å². The molecule has 0 aromatic carbocycles. The fraction of sp³-hybridized carbons (Fsp3) is 0.917. The van der Waals surface area contributed by atoms with Crippen LogP contribution in [0.3, 0.4) is 0 Å². The molecule has 16 heavy (non-hydrogen) atoms.